The molecule has 21 heavy (non-hydrogen) atoms. The SMILES string of the molecule is CCOC1(c2nc(-c3ccccc3)c(CN)s2)CCCC1. The average molecular weight is 302 g/mol. The molecule has 0 saturated heterocycles. The number of benzene rings is 1. The van der Waals surface area contributed by atoms with Crippen LogP contribution in [0.1, 0.15) is 42.5 Å². The highest BCUT2D eigenvalue weighted by Crippen LogP contribution is 2.45. The first-order chi connectivity index (χ1) is 10.3. The van der Waals surface area contributed by atoms with Gasteiger partial charge >= 0.3 is 0 Å². The van der Waals surface area contributed by atoms with Gasteiger partial charge in [0.15, 0.2) is 0 Å². The van der Waals surface area contributed by atoms with E-state index in [0.717, 1.165) is 40.6 Å². The molecule has 1 aromatic carbocycles. The molecule has 2 N–H and O–H groups in total. The van der Waals surface area contributed by atoms with Crippen molar-refractivity contribution in [2.24, 2.45) is 5.73 Å². The summed E-state index contributed by atoms with van der Waals surface area (Å²) in [5, 5.41) is 1.11. The lowest BCUT2D eigenvalue weighted by atomic mass is 10.0. The van der Waals surface area contributed by atoms with Gasteiger partial charge in [0, 0.05) is 23.6 Å². The molecule has 0 unspecified atom stereocenters. The number of aromatic nitrogens is 1. The highest BCUT2D eigenvalue weighted by Gasteiger charge is 2.39. The van der Waals surface area contributed by atoms with E-state index in [1.54, 1.807) is 11.3 Å². The second kappa shape index (κ2) is 6.26. The first-order valence-electron chi connectivity index (χ1n) is 7.68. The Kier molecular flexibility index (Phi) is 4.38. The summed E-state index contributed by atoms with van der Waals surface area (Å²) in [4.78, 5) is 6.09. The van der Waals surface area contributed by atoms with Crippen LogP contribution in [0.5, 0.6) is 0 Å². The fraction of sp³-hybridized carbons (Fsp3) is 0.471. The molecule has 0 atom stereocenters. The molecule has 4 heteroatoms. The maximum Gasteiger partial charge on any atom is 0.126 e. The summed E-state index contributed by atoms with van der Waals surface area (Å²) in [5.74, 6) is 0. The molecule has 0 bridgehead atoms. The molecule has 3 rings (SSSR count). The monoisotopic (exact) mass is 302 g/mol. The molecule has 0 aliphatic heterocycles. The van der Waals surface area contributed by atoms with Gasteiger partial charge in [0.05, 0.1) is 5.69 Å². The Morgan fingerprint density at radius 3 is 2.57 bits per heavy atom. The van der Waals surface area contributed by atoms with Crippen LogP contribution in [-0.4, -0.2) is 11.6 Å². The number of nitrogens with two attached hydrogens (primary N) is 1. The zero-order valence-corrected chi connectivity index (χ0v) is 13.3. The van der Waals surface area contributed by atoms with Crippen LogP contribution in [-0.2, 0) is 16.9 Å². The highest BCUT2D eigenvalue weighted by atomic mass is 32.1. The van der Waals surface area contributed by atoms with Crippen molar-refractivity contribution in [1.82, 2.24) is 4.98 Å². The van der Waals surface area contributed by atoms with E-state index in [0.29, 0.717) is 6.54 Å². The molecular formula is C17H22N2OS. The summed E-state index contributed by atoms with van der Waals surface area (Å²) in [7, 11) is 0. The first kappa shape index (κ1) is 14.7. The Morgan fingerprint density at radius 2 is 1.95 bits per heavy atom. The summed E-state index contributed by atoms with van der Waals surface area (Å²) >= 11 is 1.73. The molecule has 0 spiro atoms. The van der Waals surface area contributed by atoms with Crippen molar-refractivity contribution in [3.8, 4) is 11.3 Å². The fourth-order valence-electron chi connectivity index (χ4n) is 3.15. The van der Waals surface area contributed by atoms with Gasteiger partial charge in [0.1, 0.15) is 10.6 Å². The fourth-order valence-corrected chi connectivity index (χ4v) is 4.31. The molecule has 0 radical (unpaired) electrons. The van der Waals surface area contributed by atoms with Crippen molar-refractivity contribution in [3.63, 3.8) is 0 Å². The number of ether oxygens (including phenoxy) is 1. The van der Waals surface area contributed by atoms with Crippen molar-refractivity contribution >= 4 is 11.3 Å². The lowest BCUT2D eigenvalue weighted by Gasteiger charge is -2.26. The average Bonchev–Trinajstić information content (AvgIpc) is 3.15. The van der Waals surface area contributed by atoms with Crippen molar-refractivity contribution in [1.29, 1.82) is 0 Å². The molecule has 1 heterocycles. The molecule has 3 nitrogen and oxygen atoms in total. The largest absolute Gasteiger partial charge is 0.368 e. The van der Waals surface area contributed by atoms with Crippen LogP contribution in [0, 0.1) is 0 Å². The van der Waals surface area contributed by atoms with Crippen LogP contribution < -0.4 is 5.73 Å². The maximum absolute atomic E-state index is 6.13. The normalized spacial score (nSPS) is 17.2. The Labute approximate surface area is 130 Å². The summed E-state index contributed by atoms with van der Waals surface area (Å²) in [6.07, 6.45) is 4.59. The first-order valence-corrected chi connectivity index (χ1v) is 8.50. The summed E-state index contributed by atoms with van der Waals surface area (Å²) in [6, 6.07) is 10.3. The zero-order valence-electron chi connectivity index (χ0n) is 12.5. The van der Waals surface area contributed by atoms with Gasteiger partial charge < -0.3 is 10.5 Å². The van der Waals surface area contributed by atoms with Gasteiger partial charge in [-0.25, -0.2) is 4.98 Å². The molecule has 1 aliphatic carbocycles. The van der Waals surface area contributed by atoms with Crippen LogP contribution in [0.15, 0.2) is 30.3 Å². The third kappa shape index (κ3) is 2.76. The highest BCUT2D eigenvalue weighted by molar-refractivity contribution is 7.12. The maximum atomic E-state index is 6.13. The number of thiazole rings is 1. The molecule has 1 aliphatic rings. The number of rotatable bonds is 5. The van der Waals surface area contributed by atoms with E-state index in [4.69, 9.17) is 15.5 Å². The van der Waals surface area contributed by atoms with E-state index in [1.165, 1.54) is 12.8 Å². The lowest BCUT2D eigenvalue weighted by molar-refractivity contribution is -0.0390. The van der Waals surface area contributed by atoms with Crippen LogP contribution >= 0.6 is 11.3 Å². The van der Waals surface area contributed by atoms with E-state index in [2.05, 4.69) is 19.1 Å². The second-order valence-electron chi connectivity index (χ2n) is 5.50. The Bertz CT molecular complexity index is 588. The van der Waals surface area contributed by atoms with E-state index in [-0.39, 0.29) is 5.60 Å². The summed E-state index contributed by atoms with van der Waals surface area (Å²) in [5.41, 5.74) is 7.95. The van der Waals surface area contributed by atoms with Crippen molar-refractivity contribution in [3.05, 3.63) is 40.2 Å². The van der Waals surface area contributed by atoms with Crippen LogP contribution in [0.25, 0.3) is 11.3 Å². The van der Waals surface area contributed by atoms with Gasteiger partial charge in [-0.3, -0.25) is 0 Å². The van der Waals surface area contributed by atoms with Gasteiger partial charge in [0.2, 0.25) is 0 Å². The minimum atomic E-state index is -0.170. The molecule has 1 fully saturated rings. The van der Waals surface area contributed by atoms with E-state index in [1.807, 2.05) is 18.2 Å². The molecular weight excluding hydrogens is 280 g/mol. The second-order valence-corrected chi connectivity index (χ2v) is 6.58. The summed E-state index contributed by atoms with van der Waals surface area (Å²) < 4.78 is 6.13. The molecule has 112 valence electrons. The smallest absolute Gasteiger partial charge is 0.126 e. The van der Waals surface area contributed by atoms with Gasteiger partial charge in [-0.15, -0.1) is 11.3 Å². The zero-order chi connectivity index (χ0) is 14.7. The number of hydrogen-bond acceptors (Lipinski definition) is 4. The van der Waals surface area contributed by atoms with Gasteiger partial charge in [-0.1, -0.05) is 43.2 Å². The standard InChI is InChI=1S/C17H22N2OS/c1-2-20-17(10-6-7-11-17)16-19-15(14(12-18)21-16)13-8-4-3-5-9-13/h3-5,8-9H,2,6-7,10-12,18H2,1H3. The number of hydrogen-bond donors (Lipinski definition) is 1. The van der Waals surface area contributed by atoms with E-state index >= 15 is 0 Å². The van der Waals surface area contributed by atoms with Crippen molar-refractivity contribution < 1.29 is 4.74 Å². The van der Waals surface area contributed by atoms with E-state index < -0.39 is 0 Å². The Morgan fingerprint density at radius 1 is 1.24 bits per heavy atom. The van der Waals surface area contributed by atoms with E-state index in [9.17, 15) is 0 Å². The van der Waals surface area contributed by atoms with Crippen molar-refractivity contribution in [2.45, 2.75) is 44.8 Å². The van der Waals surface area contributed by atoms with Gasteiger partial charge in [-0.05, 0) is 19.8 Å². The van der Waals surface area contributed by atoms with Crippen LogP contribution in [0.2, 0.25) is 0 Å². The Hall–Kier alpha value is -1.23. The van der Waals surface area contributed by atoms with Crippen molar-refractivity contribution in [2.75, 3.05) is 6.61 Å². The lowest BCUT2D eigenvalue weighted by Crippen LogP contribution is -2.25. The van der Waals surface area contributed by atoms with Gasteiger partial charge in [-0.2, -0.15) is 0 Å². The molecule has 1 aromatic heterocycles. The summed E-state index contributed by atoms with van der Waals surface area (Å²) in [6.45, 7) is 3.33. The van der Waals surface area contributed by atoms with Crippen LogP contribution in [0.3, 0.4) is 0 Å². The molecule has 2 aromatic rings. The molecule has 1 saturated carbocycles. The minimum Gasteiger partial charge on any atom is -0.368 e. The third-order valence-corrected chi connectivity index (χ3v) is 5.41. The predicted octanol–water partition coefficient (Wildman–Crippen LogP) is 4.07. The van der Waals surface area contributed by atoms with Crippen LogP contribution in [0.4, 0.5) is 0 Å². The quantitative estimate of drug-likeness (QED) is 0.905. The Balaban J connectivity index is 2.03. The molecule has 0 amide bonds. The third-order valence-electron chi connectivity index (χ3n) is 4.15. The van der Waals surface area contributed by atoms with Gasteiger partial charge in [0.25, 0.3) is 0 Å². The minimum absolute atomic E-state index is 0.170. The topological polar surface area (TPSA) is 48.1 Å². The number of nitrogens with zero attached hydrogens (tertiary/aromatic N) is 1. The predicted molar refractivity (Wildman–Crippen MR) is 87.2 cm³/mol.